The van der Waals surface area contributed by atoms with Gasteiger partial charge in [-0.25, -0.2) is 13.6 Å². The van der Waals surface area contributed by atoms with Gasteiger partial charge in [-0.1, -0.05) is 11.3 Å². The molecule has 0 aliphatic carbocycles. The lowest BCUT2D eigenvalue weighted by molar-refractivity contribution is 0.102. The second kappa shape index (κ2) is 8.57. The van der Waals surface area contributed by atoms with Crippen molar-refractivity contribution in [2.45, 2.75) is 25.4 Å². The van der Waals surface area contributed by atoms with Gasteiger partial charge in [-0.2, -0.15) is 0 Å². The fraction of sp³-hybridized carbons (Fsp3) is 0.263. The van der Waals surface area contributed by atoms with Gasteiger partial charge >= 0.3 is 6.03 Å². The van der Waals surface area contributed by atoms with E-state index in [-0.39, 0.29) is 29.3 Å². The molecule has 0 saturated carbocycles. The Morgan fingerprint density at radius 2 is 2.10 bits per heavy atom. The maximum Gasteiger partial charge on any atom is 0.318 e. The minimum absolute atomic E-state index is 0.0672. The number of urea groups is 1. The van der Waals surface area contributed by atoms with E-state index in [9.17, 15) is 18.4 Å². The topological polar surface area (TPSA) is 100 Å². The van der Waals surface area contributed by atoms with Crippen molar-refractivity contribution in [2.75, 3.05) is 11.9 Å². The summed E-state index contributed by atoms with van der Waals surface area (Å²) in [5.74, 6) is -2.01. The Morgan fingerprint density at radius 1 is 1.23 bits per heavy atom. The third-order valence-corrected chi connectivity index (χ3v) is 5.63. The quantitative estimate of drug-likeness (QED) is 0.639. The number of likely N-dealkylation sites (tertiary alicyclic amines) is 1. The van der Waals surface area contributed by atoms with E-state index in [1.54, 1.807) is 17.0 Å². The number of hydrogen-bond acceptors (Lipinski definition) is 6. The summed E-state index contributed by atoms with van der Waals surface area (Å²) in [6, 6.07) is 6.03. The number of carbonyl (C=O) groups excluding carboxylic acids is 2. The second-order valence-electron chi connectivity index (χ2n) is 6.62. The normalized spacial score (nSPS) is 15.9. The van der Waals surface area contributed by atoms with Crippen LogP contribution in [0.15, 0.2) is 41.0 Å². The Balaban J connectivity index is 1.41. The minimum Gasteiger partial charge on any atom is -0.467 e. The lowest BCUT2D eigenvalue weighted by Gasteiger charge is -2.22. The Bertz CT molecular complexity index is 1060. The van der Waals surface area contributed by atoms with Gasteiger partial charge in [0.25, 0.3) is 5.91 Å². The molecule has 11 heteroatoms. The largest absolute Gasteiger partial charge is 0.467 e. The molecule has 1 fully saturated rings. The number of carbonyl (C=O) groups is 2. The average Bonchev–Trinajstić information content (AvgIpc) is 3.49. The van der Waals surface area contributed by atoms with Gasteiger partial charge in [0.05, 0.1) is 18.8 Å². The highest BCUT2D eigenvalue weighted by molar-refractivity contribution is 7.13. The Labute approximate surface area is 173 Å². The second-order valence-corrected chi connectivity index (χ2v) is 7.63. The standard InChI is InChI=1S/C19H17F2N5O3S/c20-13-6-5-11(9-14(13)21)23-16(27)18-25-24-17(30-18)15-4-1-7-26(15)19(28)22-10-12-3-2-8-29-12/h2-3,5-6,8-9,15H,1,4,7,10H2,(H,22,28)(H,23,27)/t15-/m0/s1. The molecular formula is C19H17F2N5O3S. The van der Waals surface area contributed by atoms with Crippen LogP contribution in [0.1, 0.15) is 39.5 Å². The van der Waals surface area contributed by atoms with Crippen LogP contribution in [0, 0.1) is 11.6 Å². The van der Waals surface area contributed by atoms with Crippen LogP contribution in [0.25, 0.3) is 0 Å². The van der Waals surface area contributed by atoms with Crippen molar-refractivity contribution in [3.63, 3.8) is 0 Å². The number of benzene rings is 1. The molecule has 2 N–H and O–H groups in total. The van der Waals surface area contributed by atoms with Crippen molar-refractivity contribution >= 4 is 29.0 Å². The Hall–Kier alpha value is -3.34. The van der Waals surface area contributed by atoms with Crippen molar-refractivity contribution in [3.05, 3.63) is 64.0 Å². The summed E-state index contributed by atoms with van der Waals surface area (Å²) >= 11 is 1.06. The van der Waals surface area contributed by atoms with Crippen LogP contribution >= 0.6 is 11.3 Å². The summed E-state index contributed by atoms with van der Waals surface area (Å²) in [5.41, 5.74) is 0.107. The highest BCUT2D eigenvalue weighted by Gasteiger charge is 2.33. The van der Waals surface area contributed by atoms with Gasteiger partial charge in [0.15, 0.2) is 11.6 Å². The van der Waals surface area contributed by atoms with Crippen LogP contribution in [0.5, 0.6) is 0 Å². The number of anilines is 1. The predicted molar refractivity (Wildman–Crippen MR) is 104 cm³/mol. The number of amides is 3. The van der Waals surface area contributed by atoms with Crippen LogP contribution in [-0.4, -0.2) is 33.6 Å². The summed E-state index contributed by atoms with van der Waals surface area (Å²) in [6.07, 6.45) is 3.04. The zero-order valence-corrected chi connectivity index (χ0v) is 16.4. The van der Waals surface area contributed by atoms with Gasteiger partial charge in [-0.3, -0.25) is 4.79 Å². The number of hydrogen-bond donors (Lipinski definition) is 2. The number of nitrogens with one attached hydrogen (secondary N) is 2. The molecule has 2 aromatic heterocycles. The summed E-state index contributed by atoms with van der Waals surface area (Å²) in [6.45, 7) is 0.831. The first-order valence-electron chi connectivity index (χ1n) is 9.18. The average molecular weight is 433 g/mol. The van der Waals surface area contributed by atoms with Crippen molar-refractivity contribution in [2.24, 2.45) is 0 Å². The summed E-state index contributed by atoms with van der Waals surface area (Å²) in [7, 11) is 0. The zero-order valence-electron chi connectivity index (χ0n) is 15.6. The van der Waals surface area contributed by atoms with Crippen LogP contribution in [-0.2, 0) is 6.54 Å². The van der Waals surface area contributed by atoms with E-state index in [0.29, 0.717) is 23.7 Å². The minimum atomic E-state index is -1.06. The molecule has 0 radical (unpaired) electrons. The van der Waals surface area contributed by atoms with Crippen LogP contribution in [0.3, 0.4) is 0 Å². The molecule has 3 aromatic rings. The number of halogens is 2. The highest BCUT2D eigenvalue weighted by Crippen LogP contribution is 2.33. The summed E-state index contributed by atoms with van der Waals surface area (Å²) in [4.78, 5) is 26.6. The maximum atomic E-state index is 13.3. The Morgan fingerprint density at radius 3 is 2.87 bits per heavy atom. The van der Waals surface area contributed by atoms with E-state index >= 15 is 0 Å². The monoisotopic (exact) mass is 433 g/mol. The van der Waals surface area contributed by atoms with Gasteiger partial charge < -0.3 is 20.0 Å². The molecule has 3 heterocycles. The molecule has 8 nitrogen and oxygen atoms in total. The van der Waals surface area contributed by atoms with Gasteiger partial charge in [0.1, 0.15) is 10.8 Å². The molecule has 1 atom stereocenters. The predicted octanol–water partition coefficient (Wildman–Crippen LogP) is 3.71. The number of rotatable bonds is 5. The number of nitrogens with zero attached hydrogens (tertiary/aromatic N) is 3. The van der Waals surface area contributed by atoms with Gasteiger partial charge in [-0.05, 0) is 37.1 Å². The van der Waals surface area contributed by atoms with E-state index in [1.165, 1.54) is 12.3 Å². The van der Waals surface area contributed by atoms with E-state index < -0.39 is 17.5 Å². The van der Waals surface area contributed by atoms with Gasteiger partial charge in [0, 0.05) is 18.3 Å². The number of aromatic nitrogens is 2. The molecule has 156 valence electrons. The molecule has 4 rings (SSSR count). The van der Waals surface area contributed by atoms with Gasteiger partial charge in [0.2, 0.25) is 5.01 Å². The lowest BCUT2D eigenvalue weighted by Crippen LogP contribution is -2.39. The fourth-order valence-electron chi connectivity index (χ4n) is 3.16. The van der Waals surface area contributed by atoms with Gasteiger partial charge in [-0.15, -0.1) is 10.2 Å². The molecule has 1 aromatic carbocycles. The van der Waals surface area contributed by atoms with E-state index in [0.717, 1.165) is 29.9 Å². The third kappa shape index (κ3) is 4.30. The molecule has 0 spiro atoms. The first kappa shape index (κ1) is 20.0. The molecule has 3 amide bonds. The summed E-state index contributed by atoms with van der Waals surface area (Å²) < 4.78 is 31.5. The molecule has 0 bridgehead atoms. The molecule has 30 heavy (non-hydrogen) atoms. The molecule has 1 aliphatic rings. The van der Waals surface area contributed by atoms with Crippen molar-refractivity contribution < 1.29 is 22.8 Å². The SMILES string of the molecule is O=C(Nc1ccc(F)c(F)c1)c1nnc([C@@H]2CCCN2C(=O)NCc2ccco2)s1. The van der Waals surface area contributed by atoms with E-state index in [4.69, 9.17) is 4.42 Å². The lowest BCUT2D eigenvalue weighted by atomic mass is 10.2. The van der Waals surface area contributed by atoms with Crippen molar-refractivity contribution in [1.29, 1.82) is 0 Å². The molecule has 1 aliphatic heterocycles. The van der Waals surface area contributed by atoms with E-state index in [1.807, 2.05) is 0 Å². The Kier molecular flexibility index (Phi) is 5.70. The first-order valence-corrected chi connectivity index (χ1v) is 9.99. The maximum absolute atomic E-state index is 13.3. The smallest absolute Gasteiger partial charge is 0.318 e. The van der Waals surface area contributed by atoms with Crippen LogP contribution in [0.2, 0.25) is 0 Å². The third-order valence-electron chi connectivity index (χ3n) is 4.61. The van der Waals surface area contributed by atoms with Crippen molar-refractivity contribution in [3.8, 4) is 0 Å². The highest BCUT2D eigenvalue weighted by atomic mass is 32.1. The molecule has 0 unspecified atom stereocenters. The van der Waals surface area contributed by atoms with Crippen LogP contribution in [0.4, 0.5) is 19.3 Å². The van der Waals surface area contributed by atoms with Crippen LogP contribution < -0.4 is 10.6 Å². The molecular weight excluding hydrogens is 416 g/mol. The van der Waals surface area contributed by atoms with E-state index in [2.05, 4.69) is 20.8 Å². The zero-order chi connectivity index (χ0) is 21.1. The first-order chi connectivity index (χ1) is 14.5. The van der Waals surface area contributed by atoms with Crippen molar-refractivity contribution in [1.82, 2.24) is 20.4 Å². The summed E-state index contributed by atoms with van der Waals surface area (Å²) in [5, 5.41) is 13.8. The molecule has 1 saturated heterocycles. The number of furan rings is 1. The fourth-order valence-corrected chi connectivity index (χ4v) is 4.05.